The summed E-state index contributed by atoms with van der Waals surface area (Å²) in [5, 5.41) is 1.07. The molecule has 1 rings (SSSR count). The third-order valence-electron chi connectivity index (χ3n) is 2.03. The van der Waals surface area contributed by atoms with Crippen molar-refractivity contribution in [3.8, 4) is 0 Å². The molecule has 0 spiro atoms. The van der Waals surface area contributed by atoms with Gasteiger partial charge in [0, 0.05) is 5.56 Å². The van der Waals surface area contributed by atoms with Crippen molar-refractivity contribution in [2.75, 3.05) is 0 Å². The number of aryl methyl sites for hydroxylation is 1. The fourth-order valence-corrected chi connectivity index (χ4v) is 1.67. The molecule has 0 heterocycles. The quantitative estimate of drug-likeness (QED) is 0.533. The molecule has 1 unspecified atom stereocenters. The number of hydrogen-bond donors (Lipinski definition) is 0. The molecular weight excluding hydrogens is 179 g/mol. The van der Waals surface area contributed by atoms with E-state index in [1.54, 1.807) is 6.92 Å². The van der Waals surface area contributed by atoms with E-state index in [0.717, 1.165) is 23.7 Å². The van der Waals surface area contributed by atoms with Gasteiger partial charge >= 0.3 is 0 Å². The summed E-state index contributed by atoms with van der Waals surface area (Å²) in [5.74, 6) is 0.160. The topological polar surface area (TPSA) is 17.1 Å². The van der Waals surface area contributed by atoms with Crippen LogP contribution in [0.15, 0.2) is 18.2 Å². The summed E-state index contributed by atoms with van der Waals surface area (Å²) in [7, 11) is 2.61. The fourth-order valence-electron chi connectivity index (χ4n) is 1.41. The zero-order chi connectivity index (χ0) is 9.84. The van der Waals surface area contributed by atoms with Crippen molar-refractivity contribution in [2.45, 2.75) is 26.7 Å². The molecule has 2 heteroatoms. The standard InChI is InChI=1S/C11H15OP/c1-3-4-9-5-6-10(13)7-11(9)8(2)12/h5-7H,3-4,13H2,1-2H3. The van der Waals surface area contributed by atoms with Gasteiger partial charge in [0.05, 0.1) is 0 Å². The molecule has 13 heavy (non-hydrogen) atoms. The summed E-state index contributed by atoms with van der Waals surface area (Å²) >= 11 is 0. The van der Waals surface area contributed by atoms with Crippen molar-refractivity contribution in [3.63, 3.8) is 0 Å². The molecule has 1 aromatic carbocycles. The number of carbonyl (C=O) groups excluding carboxylic acids is 1. The highest BCUT2D eigenvalue weighted by Crippen LogP contribution is 2.11. The maximum absolute atomic E-state index is 11.3. The second kappa shape index (κ2) is 4.53. The van der Waals surface area contributed by atoms with E-state index in [-0.39, 0.29) is 5.78 Å². The van der Waals surface area contributed by atoms with Gasteiger partial charge in [-0.3, -0.25) is 4.79 Å². The van der Waals surface area contributed by atoms with Crippen molar-refractivity contribution in [2.24, 2.45) is 0 Å². The van der Waals surface area contributed by atoms with Gasteiger partial charge in [-0.15, -0.1) is 9.24 Å². The van der Waals surface area contributed by atoms with E-state index in [0.29, 0.717) is 0 Å². The monoisotopic (exact) mass is 194 g/mol. The van der Waals surface area contributed by atoms with E-state index < -0.39 is 0 Å². The lowest BCUT2D eigenvalue weighted by molar-refractivity contribution is 0.101. The minimum absolute atomic E-state index is 0.160. The first-order valence-electron chi connectivity index (χ1n) is 4.54. The van der Waals surface area contributed by atoms with E-state index in [1.165, 1.54) is 5.56 Å². The van der Waals surface area contributed by atoms with Crippen LogP contribution in [-0.4, -0.2) is 5.78 Å². The van der Waals surface area contributed by atoms with Crippen LogP contribution in [-0.2, 0) is 6.42 Å². The summed E-state index contributed by atoms with van der Waals surface area (Å²) < 4.78 is 0. The molecule has 0 amide bonds. The van der Waals surface area contributed by atoms with Crippen LogP contribution >= 0.6 is 9.24 Å². The Hall–Kier alpha value is -0.680. The Morgan fingerprint density at radius 1 is 1.46 bits per heavy atom. The molecule has 0 aliphatic rings. The van der Waals surface area contributed by atoms with Gasteiger partial charge in [-0.05, 0) is 30.3 Å². The summed E-state index contributed by atoms with van der Waals surface area (Å²) in [6.07, 6.45) is 2.07. The molecule has 0 saturated heterocycles. The Labute approximate surface area is 81.7 Å². The van der Waals surface area contributed by atoms with Crippen LogP contribution in [0, 0.1) is 0 Å². The van der Waals surface area contributed by atoms with Crippen LogP contribution in [0.3, 0.4) is 0 Å². The van der Waals surface area contributed by atoms with Gasteiger partial charge in [0.25, 0.3) is 0 Å². The Bertz CT molecular complexity index is 318. The van der Waals surface area contributed by atoms with Crippen molar-refractivity contribution in [1.82, 2.24) is 0 Å². The van der Waals surface area contributed by atoms with E-state index in [4.69, 9.17) is 0 Å². The molecule has 0 aromatic heterocycles. The predicted octanol–water partition coefficient (Wildman–Crippen LogP) is 2.34. The molecule has 0 bridgehead atoms. The van der Waals surface area contributed by atoms with Crippen LogP contribution < -0.4 is 5.30 Å². The Morgan fingerprint density at radius 3 is 2.69 bits per heavy atom. The normalized spacial score (nSPS) is 10.1. The van der Waals surface area contributed by atoms with Gasteiger partial charge in [-0.1, -0.05) is 25.5 Å². The molecular formula is C11H15OP. The van der Waals surface area contributed by atoms with Gasteiger partial charge in [-0.2, -0.15) is 0 Å². The number of Topliss-reactive ketones (excluding diaryl/α,β-unsaturated/α-hetero) is 1. The fraction of sp³-hybridized carbons (Fsp3) is 0.364. The van der Waals surface area contributed by atoms with Crippen molar-refractivity contribution in [3.05, 3.63) is 29.3 Å². The van der Waals surface area contributed by atoms with E-state index in [9.17, 15) is 4.79 Å². The second-order valence-corrected chi connectivity index (χ2v) is 3.89. The third-order valence-corrected chi connectivity index (χ3v) is 2.39. The molecule has 0 aliphatic carbocycles. The summed E-state index contributed by atoms with van der Waals surface area (Å²) in [5.41, 5.74) is 2.04. The van der Waals surface area contributed by atoms with Gasteiger partial charge < -0.3 is 0 Å². The summed E-state index contributed by atoms with van der Waals surface area (Å²) in [6.45, 7) is 3.75. The Balaban J connectivity index is 3.10. The number of carbonyl (C=O) groups is 1. The van der Waals surface area contributed by atoms with Gasteiger partial charge in [0.1, 0.15) is 0 Å². The van der Waals surface area contributed by atoms with Crippen LogP contribution in [0.4, 0.5) is 0 Å². The van der Waals surface area contributed by atoms with Crippen LogP contribution in [0.2, 0.25) is 0 Å². The van der Waals surface area contributed by atoms with Crippen LogP contribution in [0.5, 0.6) is 0 Å². The lowest BCUT2D eigenvalue weighted by atomic mass is 10.0. The van der Waals surface area contributed by atoms with Gasteiger partial charge in [0.2, 0.25) is 0 Å². The number of rotatable bonds is 3. The summed E-state index contributed by atoms with van der Waals surface area (Å²) in [4.78, 5) is 11.3. The number of ketones is 1. The zero-order valence-electron chi connectivity index (χ0n) is 8.13. The highest BCUT2D eigenvalue weighted by atomic mass is 31.0. The van der Waals surface area contributed by atoms with Crippen molar-refractivity contribution < 1.29 is 4.79 Å². The maximum atomic E-state index is 11.3. The van der Waals surface area contributed by atoms with Gasteiger partial charge in [-0.25, -0.2) is 0 Å². The Morgan fingerprint density at radius 2 is 2.15 bits per heavy atom. The van der Waals surface area contributed by atoms with Crippen molar-refractivity contribution >= 4 is 20.3 Å². The SMILES string of the molecule is CCCc1ccc(P)cc1C(C)=O. The third kappa shape index (κ3) is 2.63. The van der Waals surface area contributed by atoms with E-state index in [1.807, 2.05) is 18.2 Å². The minimum Gasteiger partial charge on any atom is -0.295 e. The largest absolute Gasteiger partial charge is 0.295 e. The molecule has 0 fully saturated rings. The zero-order valence-corrected chi connectivity index (χ0v) is 9.29. The first-order valence-corrected chi connectivity index (χ1v) is 5.12. The first-order chi connectivity index (χ1) is 6.15. The number of benzene rings is 1. The molecule has 1 atom stereocenters. The summed E-state index contributed by atoms with van der Waals surface area (Å²) in [6, 6.07) is 6.02. The van der Waals surface area contributed by atoms with Gasteiger partial charge in [0.15, 0.2) is 5.78 Å². The average Bonchev–Trinajstić information content (AvgIpc) is 2.08. The highest BCUT2D eigenvalue weighted by molar-refractivity contribution is 7.27. The van der Waals surface area contributed by atoms with Crippen LogP contribution in [0.25, 0.3) is 0 Å². The average molecular weight is 194 g/mol. The van der Waals surface area contributed by atoms with E-state index >= 15 is 0 Å². The van der Waals surface area contributed by atoms with E-state index in [2.05, 4.69) is 16.2 Å². The molecule has 0 saturated carbocycles. The molecule has 0 N–H and O–H groups in total. The van der Waals surface area contributed by atoms with Crippen molar-refractivity contribution in [1.29, 1.82) is 0 Å². The number of hydrogen-bond acceptors (Lipinski definition) is 1. The molecule has 70 valence electrons. The highest BCUT2D eigenvalue weighted by Gasteiger charge is 2.05. The van der Waals surface area contributed by atoms with Crippen LogP contribution in [0.1, 0.15) is 36.2 Å². The molecule has 0 radical (unpaired) electrons. The Kier molecular flexibility index (Phi) is 3.62. The predicted molar refractivity (Wildman–Crippen MR) is 59.8 cm³/mol. The molecule has 1 nitrogen and oxygen atoms in total. The smallest absolute Gasteiger partial charge is 0.160 e. The minimum atomic E-state index is 0.160. The lowest BCUT2D eigenvalue weighted by Gasteiger charge is -2.06. The molecule has 0 aliphatic heterocycles. The molecule has 1 aromatic rings. The first kappa shape index (κ1) is 10.4. The maximum Gasteiger partial charge on any atom is 0.160 e. The lowest BCUT2D eigenvalue weighted by Crippen LogP contribution is -2.04. The second-order valence-electron chi connectivity index (χ2n) is 3.22.